The Balaban J connectivity index is 0.000000356. The number of aryl methyl sites for hydroxylation is 8. The van der Waals surface area contributed by atoms with Crippen LogP contribution < -0.4 is 0 Å². The second-order valence-electron chi connectivity index (χ2n) is 13.5. The Bertz CT molecular complexity index is 1940. The van der Waals surface area contributed by atoms with Gasteiger partial charge in [0.15, 0.2) is 0 Å². The molecule has 0 heterocycles. The molecule has 0 nitrogen and oxygen atoms in total. The Kier molecular flexibility index (Phi) is 19.7. The summed E-state index contributed by atoms with van der Waals surface area (Å²) in [5, 5.41) is 0. The average molecular weight is 784 g/mol. The van der Waals surface area contributed by atoms with Gasteiger partial charge in [-0.3, -0.25) is 6.08 Å². The molecule has 0 N–H and O–H groups in total. The molecule has 0 spiro atoms. The van der Waals surface area contributed by atoms with Gasteiger partial charge in [-0.2, -0.15) is 102 Å². The summed E-state index contributed by atoms with van der Waals surface area (Å²) in [6.45, 7) is 17.4. The summed E-state index contributed by atoms with van der Waals surface area (Å²) in [6, 6.07) is 46.0. The summed E-state index contributed by atoms with van der Waals surface area (Å²) in [5.74, 6) is 0. The summed E-state index contributed by atoms with van der Waals surface area (Å²) in [4.78, 5) is 3.25. The van der Waals surface area contributed by atoms with E-state index in [0.29, 0.717) is 0 Å². The van der Waals surface area contributed by atoms with Crippen molar-refractivity contribution in [1.29, 1.82) is 0 Å². The van der Waals surface area contributed by atoms with Crippen LogP contribution in [0.5, 0.6) is 0 Å². The van der Waals surface area contributed by atoms with Crippen molar-refractivity contribution in [1.82, 2.24) is 0 Å². The van der Waals surface area contributed by atoms with Crippen LogP contribution in [-0.2, 0) is 26.4 Å². The zero-order chi connectivity index (χ0) is 37.6. The van der Waals surface area contributed by atoms with E-state index in [4.69, 9.17) is 0 Å². The maximum absolute atomic E-state index is 3.62. The van der Waals surface area contributed by atoms with E-state index >= 15 is 0 Å². The van der Waals surface area contributed by atoms with Gasteiger partial charge in [0, 0.05) is 0 Å². The number of allylic oxidation sites excluding steroid dienone is 4. The third kappa shape index (κ3) is 12.8. The van der Waals surface area contributed by atoms with Crippen LogP contribution in [0.15, 0.2) is 121 Å². The SMILES string of the molecule is Cc1cc(C)c(-c2c[c-]c3c(c2)-c2cc(-c4c(C)cc(C)cc4C)ccc2C3)c(C)c1.Cc1cc[c-]cc1.Cc1cc[c-]cc1.Cl.Cl.[C-]1=CC=CC1.[CH2]=[Ti]. The molecule has 0 aromatic heterocycles. The van der Waals surface area contributed by atoms with Crippen LogP contribution in [0.3, 0.4) is 0 Å². The van der Waals surface area contributed by atoms with Crippen molar-refractivity contribution in [2.24, 2.45) is 0 Å². The fourth-order valence-electron chi connectivity index (χ4n) is 6.94. The number of benzene rings is 6. The van der Waals surface area contributed by atoms with E-state index in [2.05, 4.69) is 145 Å². The number of halogens is 2. The standard InChI is InChI=1S/C31H29.2C7H7.C5H5.CH2.2ClH.Ti/c1-18-11-20(3)30(21(4)12-18)26-9-7-24-15-25-8-10-27(17-29(25)28(24)16-26)31-22(5)13-19(2)14-23(31)6;2*1-7-5-3-2-4-6-7;1-2-4-5-3-1;;;;/h7,9-14,16-17H,15H2,1-6H3;2*3-6H,1H3;1-3H,4H2;1H2;2*1H;/q4*-1;;;;. The topological polar surface area (TPSA) is 0 Å². The van der Waals surface area contributed by atoms with Crippen LogP contribution in [0.2, 0.25) is 0 Å². The normalized spacial score (nSPS) is 10.9. The van der Waals surface area contributed by atoms with E-state index in [0.717, 1.165) is 12.8 Å². The Morgan fingerprint density at radius 2 is 1.00 bits per heavy atom. The Hall–Kier alpha value is -4.04. The minimum absolute atomic E-state index is 0. The van der Waals surface area contributed by atoms with Gasteiger partial charge in [-0.05, 0) is 70.2 Å². The molecule has 0 amide bonds. The predicted octanol–water partition coefficient (Wildman–Crippen LogP) is 13.9. The van der Waals surface area contributed by atoms with Crippen molar-refractivity contribution < 1.29 is 20.0 Å². The van der Waals surface area contributed by atoms with Crippen LogP contribution in [-0.4, -0.2) is 4.82 Å². The molecule has 6 aromatic carbocycles. The molecule has 0 saturated heterocycles. The van der Waals surface area contributed by atoms with Gasteiger partial charge in [0.2, 0.25) is 0 Å². The molecule has 8 rings (SSSR count). The van der Waals surface area contributed by atoms with Gasteiger partial charge in [-0.1, -0.05) is 95.3 Å². The monoisotopic (exact) mass is 782 g/mol. The van der Waals surface area contributed by atoms with Crippen molar-refractivity contribution in [3.05, 3.63) is 201 Å². The van der Waals surface area contributed by atoms with Gasteiger partial charge in [0.05, 0.1) is 0 Å². The molecule has 2 aliphatic carbocycles. The molecule has 0 saturated carbocycles. The van der Waals surface area contributed by atoms with Gasteiger partial charge in [-0.25, -0.2) is 12.2 Å². The van der Waals surface area contributed by atoms with Crippen LogP contribution in [0.4, 0.5) is 0 Å². The van der Waals surface area contributed by atoms with Crippen molar-refractivity contribution in [3.63, 3.8) is 0 Å². The predicted molar refractivity (Wildman–Crippen MR) is 236 cm³/mol. The third-order valence-corrected chi connectivity index (χ3v) is 9.08. The van der Waals surface area contributed by atoms with E-state index in [1.165, 1.54) is 89.0 Å². The van der Waals surface area contributed by atoms with E-state index in [-0.39, 0.29) is 24.8 Å². The second kappa shape index (κ2) is 23.0. The Labute approximate surface area is 350 Å². The van der Waals surface area contributed by atoms with E-state index < -0.39 is 0 Å². The zero-order valence-corrected chi connectivity index (χ0v) is 36.2. The first-order valence-corrected chi connectivity index (χ1v) is 19.0. The van der Waals surface area contributed by atoms with Crippen LogP contribution in [0.25, 0.3) is 33.4 Å². The molecule has 6 aromatic rings. The minimum atomic E-state index is 0. The van der Waals surface area contributed by atoms with Gasteiger partial charge in [-0.15, -0.1) is 42.4 Å². The molecule has 0 radical (unpaired) electrons. The van der Waals surface area contributed by atoms with E-state index in [9.17, 15) is 0 Å². The quantitative estimate of drug-likeness (QED) is 0.121. The van der Waals surface area contributed by atoms with E-state index in [1.54, 1.807) is 20.0 Å². The van der Waals surface area contributed by atoms with Crippen LogP contribution >= 0.6 is 24.8 Å². The number of hydrogen-bond acceptors (Lipinski definition) is 0. The number of rotatable bonds is 2. The summed E-state index contributed by atoms with van der Waals surface area (Å²) in [7, 11) is 0. The summed E-state index contributed by atoms with van der Waals surface area (Å²) in [6.07, 6.45) is 11.0. The molecular formula is C51H52Cl2Ti-4. The molecule has 278 valence electrons. The second-order valence-corrected chi connectivity index (χ2v) is 13.5. The third-order valence-electron chi connectivity index (χ3n) is 9.08. The Morgan fingerprint density at radius 3 is 1.39 bits per heavy atom. The molecule has 3 heteroatoms. The van der Waals surface area contributed by atoms with Crippen LogP contribution in [0.1, 0.15) is 62.1 Å². The molecule has 54 heavy (non-hydrogen) atoms. The average Bonchev–Trinajstić information content (AvgIpc) is 3.82. The van der Waals surface area contributed by atoms with Crippen molar-refractivity contribution in [2.45, 2.75) is 68.2 Å². The number of fused-ring (bicyclic) bond motifs is 3. The molecular weight excluding hydrogens is 731 g/mol. The summed E-state index contributed by atoms with van der Waals surface area (Å²) in [5.41, 5.74) is 21.3. The van der Waals surface area contributed by atoms with Crippen LogP contribution in [0, 0.1) is 79.7 Å². The maximum atomic E-state index is 3.62. The van der Waals surface area contributed by atoms with E-state index in [1.807, 2.05) is 60.7 Å². The fourth-order valence-corrected chi connectivity index (χ4v) is 6.94. The first kappa shape index (κ1) is 46.1. The molecule has 0 bridgehead atoms. The first-order valence-electron chi connectivity index (χ1n) is 17.9. The molecule has 0 unspecified atom stereocenters. The fraction of sp³-hybridized carbons (Fsp3) is 0.196. The van der Waals surface area contributed by atoms with Crippen molar-refractivity contribution in [3.8, 4) is 33.4 Å². The zero-order valence-electron chi connectivity index (χ0n) is 33.0. The first-order chi connectivity index (χ1) is 25.1. The van der Waals surface area contributed by atoms with Crippen molar-refractivity contribution >= 4 is 29.6 Å². The molecule has 2 aliphatic rings. The van der Waals surface area contributed by atoms with Gasteiger partial charge in [0.25, 0.3) is 0 Å². The summed E-state index contributed by atoms with van der Waals surface area (Å²) >= 11 is 1.75. The molecule has 0 fully saturated rings. The van der Waals surface area contributed by atoms with Gasteiger partial charge < -0.3 is 0 Å². The number of hydrogen-bond donors (Lipinski definition) is 0. The van der Waals surface area contributed by atoms with Crippen molar-refractivity contribution in [2.75, 3.05) is 0 Å². The molecule has 0 atom stereocenters. The van der Waals surface area contributed by atoms with Gasteiger partial charge in [0.1, 0.15) is 0 Å². The van der Waals surface area contributed by atoms with Gasteiger partial charge >= 0.3 is 24.8 Å². The summed E-state index contributed by atoms with van der Waals surface area (Å²) < 4.78 is 0. The molecule has 0 aliphatic heterocycles. The Morgan fingerprint density at radius 1 is 0.537 bits per heavy atom.